The van der Waals surface area contributed by atoms with Crippen LogP contribution in [0.4, 0.5) is 11.8 Å². The molecular formula is C16H22N6O. The van der Waals surface area contributed by atoms with E-state index in [9.17, 15) is 0 Å². The van der Waals surface area contributed by atoms with Gasteiger partial charge in [0.05, 0.1) is 12.5 Å². The lowest BCUT2D eigenvalue weighted by Gasteiger charge is -2.29. The van der Waals surface area contributed by atoms with E-state index in [4.69, 9.17) is 10.5 Å². The maximum absolute atomic E-state index is 6.14. The van der Waals surface area contributed by atoms with Gasteiger partial charge < -0.3 is 20.7 Å². The molecule has 1 aliphatic heterocycles. The summed E-state index contributed by atoms with van der Waals surface area (Å²) in [5.74, 6) is 1.42. The Bertz CT molecular complexity index is 724. The van der Waals surface area contributed by atoms with Gasteiger partial charge in [-0.25, -0.2) is 4.98 Å². The highest BCUT2D eigenvalue weighted by Gasteiger charge is 2.19. The molecule has 122 valence electrons. The highest BCUT2D eigenvalue weighted by atomic mass is 16.5. The molecule has 0 bridgehead atoms. The average molecular weight is 314 g/mol. The van der Waals surface area contributed by atoms with E-state index in [0.29, 0.717) is 34.6 Å². The molecule has 0 spiro atoms. The van der Waals surface area contributed by atoms with Crippen molar-refractivity contribution in [3.63, 3.8) is 0 Å². The van der Waals surface area contributed by atoms with Crippen molar-refractivity contribution in [1.29, 1.82) is 0 Å². The summed E-state index contributed by atoms with van der Waals surface area (Å²) in [6.45, 7) is 6.01. The largest absolute Gasteiger partial charge is 0.497 e. The maximum atomic E-state index is 6.14. The monoisotopic (exact) mass is 314 g/mol. The molecule has 0 aliphatic carbocycles. The molecule has 3 rings (SSSR count). The van der Waals surface area contributed by atoms with E-state index >= 15 is 0 Å². The van der Waals surface area contributed by atoms with Crippen LogP contribution >= 0.6 is 0 Å². The van der Waals surface area contributed by atoms with Gasteiger partial charge in [-0.05, 0) is 39.0 Å². The van der Waals surface area contributed by atoms with E-state index < -0.39 is 0 Å². The molecule has 0 saturated carbocycles. The van der Waals surface area contributed by atoms with Crippen LogP contribution in [0.2, 0.25) is 0 Å². The first-order valence-electron chi connectivity index (χ1n) is 7.69. The van der Waals surface area contributed by atoms with E-state index in [1.807, 2.05) is 0 Å². The second-order valence-electron chi connectivity index (χ2n) is 5.84. The molecule has 1 fully saturated rings. The molecule has 2 aromatic rings. The zero-order valence-electron chi connectivity index (χ0n) is 13.5. The number of methoxy groups -OCH3 is 1. The Labute approximate surface area is 135 Å². The minimum atomic E-state index is 0.361. The molecule has 3 N–H and O–H groups in total. The summed E-state index contributed by atoms with van der Waals surface area (Å²) >= 11 is 0. The molecule has 1 saturated heterocycles. The minimum Gasteiger partial charge on any atom is -0.497 e. The number of nitrogens with two attached hydrogens (primary N) is 1. The number of anilines is 2. The number of nitrogens with one attached hydrogen (secondary N) is 1. The molecule has 0 unspecified atom stereocenters. The first-order valence-corrected chi connectivity index (χ1v) is 7.69. The standard InChI is InChI=1S/C16H22N6O/c1-10(23-3)12-4-7-18-15-13(12)14(17)20-16(21-15)19-11-5-8-22(2)9-6-11/h4,7,11H,1,5-6,8-9H2,2-3H3,(H3,17,18,19,20,21). The van der Waals surface area contributed by atoms with Gasteiger partial charge in [0.25, 0.3) is 0 Å². The number of piperidine rings is 1. The summed E-state index contributed by atoms with van der Waals surface area (Å²) in [6.07, 6.45) is 3.80. The van der Waals surface area contributed by atoms with E-state index in [0.717, 1.165) is 31.5 Å². The third kappa shape index (κ3) is 3.19. The van der Waals surface area contributed by atoms with Crippen molar-refractivity contribution >= 4 is 28.6 Å². The smallest absolute Gasteiger partial charge is 0.226 e. The topological polar surface area (TPSA) is 89.2 Å². The van der Waals surface area contributed by atoms with Crippen LogP contribution in [0.3, 0.4) is 0 Å². The van der Waals surface area contributed by atoms with Gasteiger partial charge in [0.1, 0.15) is 11.6 Å². The predicted molar refractivity (Wildman–Crippen MR) is 91.9 cm³/mol. The van der Waals surface area contributed by atoms with Crippen molar-refractivity contribution in [3.05, 3.63) is 24.4 Å². The van der Waals surface area contributed by atoms with Gasteiger partial charge in [-0.2, -0.15) is 9.97 Å². The molecule has 0 aromatic carbocycles. The van der Waals surface area contributed by atoms with Gasteiger partial charge in [0.15, 0.2) is 5.65 Å². The van der Waals surface area contributed by atoms with Crippen molar-refractivity contribution in [2.75, 3.05) is 38.3 Å². The fourth-order valence-corrected chi connectivity index (χ4v) is 2.83. The van der Waals surface area contributed by atoms with Gasteiger partial charge in [-0.15, -0.1) is 0 Å². The fourth-order valence-electron chi connectivity index (χ4n) is 2.83. The number of ether oxygens (including phenoxy) is 1. The Kier molecular flexibility index (Phi) is 4.29. The molecule has 7 heteroatoms. The summed E-state index contributed by atoms with van der Waals surface area (Å²) in [5.41, 5.74) is 7.45. The first kappa shape index (κ1) is 15.5. The van der Waals surface area contributed by atoms with Crippen LogP contribution in [-0.2, 0) is 4.74 Å². The number of hydrogen-bond donors (Lipinski definition) is 2. The number of pyridine rings is 1. The molecule has 23 heavy (non-hydrogen) atoms. The van der Waals surface area contributed by atoms with Crippen LogP contribution in [-0.4, -0.2) is 53.1 Å². The summed E-state index contributed by atoms with van der Waals surface area (Å²) in [6, 6.07) is 2.16. The molecule has 7 nitrogen and oxygen atoms in total. The zero-order valence-corrected chi connectivity index (χ0v) is 13.5. The Morgan fingerprint density at radius 2 is 2.13 bits per heavy atom. The molecule has 0 atom stereocenters. The summed E-state index contributed by atoms with van der Waals surface area (Å²) < 4.78 is 5.21. The van der Waals surface area contributed by atoms with E-state index in [-0.39, 0.29) is 0 Å². The normalized spacial score (nSPS) is 16.4. The molecule has 0 radical (unpaired) electrons. The number of nitrogens with zero attached hydrogens (tertiary/aromatic N) is 4. The van der Waals surface area contributed by atoms with E-state index in [2.05, 4.69) is 38.8 Å². The lowest BCUT2D eigenvalue weighted by Crippen LogP contribution is -2.37. The summed E-state index contributed by atoms with van der Waals surface area (Å²) in [7, 11) is 3.70. The molecule has 1 aliphatic rings. The third-order valence-corrected chi connectivity index (χ3v) is 4.22. The van der Waals surface area contributed by atoms with Gasteiger partial charge in [0, 0.05) is 17.8 Å². The second-order valence-corrected chi connectivity index (χ2v) is 5.84. The van der Waals surface area contributed by atoms with Crippen LogP contribution in [0.25, 0.3) is 16.8 Å². The predicted octanol–water partition coefficient (Wildman–Crippen LogP) is 1.73. The maximum Gasteiger partial charge on any atom is 0.226 e. The Morgan fingerprint density at radius 3 is 2.83 bits per heavy atom. The quantitative estimate of drug-likeness (QED) is 0.831. The average Bonchev–Trinajstić information content (AvgIpc) is 2.55. The van der Waals surface area contributed by atoms with Crippen LogP contribution in [0.5, 0.6) is 0 Å². The molecule has 2 aromatic heterocycles. The fraction of sp³-hybridized carbons (Fsp3) is 0.438. The van der Waals surface area contributed by atoms with E-state index in [1.165, 1.54) is 0 Å². The van der Waals surface area contributed by atoms with Crippen LogP contribution in [0.1, 0.15) is 18.4 Å². The number of fused-ring (bicyclic) bond motifs is 1. The highest BCUT2D eigenvalue weighted by molar-refractivity contribution is 5.95. The van der Waals surface area contributed by atoms with Crippen molar-refractivity contribution in [3.8, 4) is 0 Å². The van der Waals surface area contributed by atoms with Crippen LogP contribution in [0.15, 0.2) is 18.8 Å². The Hall–Kier alpha value is -2.41. The molecule has 3 heterocycles. The van der Waals surface area contributed by atoms with Gasteiger partial charge in [-0.1, -0.05) is 6.58 Å². The number of nitrogen functional groups attached to an aromatic ring is 1. The third-order valence-electron chi connectivity index (χ3n) is 4.22. The van der Waals surface area contributed by atoms with Crippen molar-refractivity contribution < 1.29 is 4.74 Å². The number of hydrogen-bond acceptors (Lipinski definition) is 7. The number of aromatic nitrogens is 3. The molecular weight excluding hydrogens is 292 g/mol. The minimum absolute atomic E-state index is 0.361. The summed E-state index contributed by atoms with van der Waals surface area (Å²) in [5, 5.41) is 4.05. The van der Waals surface area contributed by atoms with Gasteiger partial charge >= 0.3 is 0 Å². The number of rotatable bonds is 4. The Balaban J connectivity index is 1.91. The van der Waals surface area contributed by atoms with Crippen LogP contribution < -0.4 is 11.1 Å². The van der Waals surface area contributed by atoms with Crippen molar-refractivity contribution in [2.24, 2.45) is 0 Å². The number of likely N-dealkylation sites (tertiary alicyclic amines) is 1. The first-order chi connectivity index (χ1) is 11.1. The summed E-state index contributed by atoms with van der Waals surface area (Å²) in [4.78, 5) is 15.5. The van der Waals surface area contributed by atoms with Gasteiger partial charge in [-0.3, -0.25) is 0 Å². The van der Waals surface area contributed by atoms with E-state index in [1.54, 1.807) is 19.4 Å². The second kappa shape index (κ2) is 6.37. The Morgan fingerprint density at radius 1 is 1.39 bits per heavy atom. The van der Waals surface area contributed by atoms with Crippen molar-refractivity contribution in [1.82, 2.24) is 19.9 Å². The highest BCUT2D eigenvalue weighted by Crippen LogP contribution is 2.27. The van der Waals surface area contributed by atoms with Crippen molar-refractivity contribution in [2.45, 2.75) is 18.9 Å². The zero-order chi connectivity index (χ0) is 16.4. The van der Waals surface area contributed by atoms with Crippen LogP contribution in [0, 0.1) is 0 Å². The molecule has 0 amide bonds. The lowest BCUT2D eigenvalue weighted by atomic mass is 10.1. The lowest BCUT2D eigenvalue weighted by molar-refractivity contribution is 0.263. The SMILES string of the molecule is C=C(OC)c1ccnc2nc(NC3CCN(C)CC3)nc(N)c12. The van der Waals surface area contributed by atoms with Gasteiger partial charge in [0.2, 0.25) is 5.95 Å².